The zero-order valence-electron chi connectivity index (χ0n) is 22.2. The highest BCUT2D eigenvalue weighted by Gasteiger charge is 2.67. The number of aliphatic hydroxyl groups excluding tert-OH is 1. The standard InChI is InChI=1S/C30H44O4/c1-16-8-9-19-14-21(33)27-26(25(19)17(16)2)20(32)15-23-29(6)13-11-24(34-18(3)31)28(4,5)22(29)10-12-30(23,27)7/h14,16-17,22-24,26-27,33H,8-13,15H2,1-7H3. The van der Waals surface area contributed by atoms with Crippen LogP contribution in [0.3, 0.4) is 0 Å². The predicted octanol–water partition coefficient (Wildman–Crippen LogP) is 6.80. The number of carbonyl (C=O) groups excluding carboxylic acids is 2. The Morgan fingerprint density at radius 2 is 1.71 bits per heavy atom. The van der Waals surface area contributed by atoms with Crippen LogP contribution in [0.2, 0.25) is 0 Å². The van der Waals surface area contributed by atoms with Gasteiger partial charge in [-0.1, -0.05) is 47.1 Å². The number of carbonyl (C=O) groups is 2. The summed E-state index contributed by atoms with van der Waals surface area (Å²) in [6.45, 7) is 15.4. The lowest BCUT2D eigenvalue weighted by Gasteiger charge is -2.67. The molecule has 5 rings (SSSR count). The first-order chi connectivity index (χ1) is 15.8. The minimum Gasteiger partial charge on any atom is -0.512 e. The molecule has 0 amide bonds. The van der Waals surface area contributed by atoms with Crippen LogP contribution in [0.15, 0.2) is 23.0 Å². The van der Waals surface area contributed by atoms with Gasteiger partial charge in [-0.3, -0.25) is 9.59 Å². The van der Waals surface area contributed by atoms with Gasteiger partial charge < -0.3 is 9.84 Å². The highest BCUT2D eigenvalue weighted by atomic mass is 16.5. The summed E-state index contributed by atoms with van der Waals surface area (Å²) in [5, 5.41) is 11.5. The summed E-state index contributed by atoms with van der Waals surface area (Å²) in [6, 6.07) is 0. The Morgan fingerprint density at radius 1 is 1.03 bits per heavy atom. The van der Waals surface area contributed by atoms with Gasteiger partial charge in [0.2, 0.25) is 0 Å². The van der Waals surface area contributed by atoms with E-state index in [1.165, 1.54) is 18.1 Å². The molecule has 0 bridgehead atoms. The summed E-state index contributed by atoms with van der Waals surface area (Å²) in [6.07, 6.45) is 8.58. The van der Waals surface area contributed by atoms with Crippen molar-refractivity contribution < 1.29 is 19.4 Å². The van der Waals surface area contributed by atoms with E-state index >= 15 is 0 Å². The number of aliphatic hydroxyl groups is 1. The molecule has 3 fully saturated rings. The summed E-state index contributed by atoms with van der Waals surface area (Å²) in [7, 11) is 0. The Labute approximate surface area is 205 Å². The first kappa shape index (κ1) is 24.1. The molecule has 0 heterocycles. The third-order valence-electron chi connectivity index (χ3n) is 11.7. The topological polar surface area (TPSA) is 63.6 Å². The van der Waals surface area contributed by atoms with Crippen LogP contribution in [-0.4, -0.2) is 23.0 Å². The minimum absolute atomic E-state index is 0.00576. The van der Waals surface area contributed by atoms with Crippen LogP contribution in [0.1, 0.15) is 93.4 Å². The van der Waals surface area contributed by atoms with Crippen LogP contribution in [-0.2, 0) is 14.3 Å². The number of esters is 1. The molecule has 34 heavy (non-hydrogen) atoms. The van der Waals surface area contributed by atoms with E-state index < -0.39 is 0 Å². The highest BCUT2D eigenvalue weighted by molar-refractivity contribution is 5.87. The smallest absolute Gasteiger partial charge is 0.302 e. The van der Waals surface area contributed by atoms with Crippen molar-refractivity contribution in [2.75, 3.05) is 0 Å². The zero-order chi connectivity index (χ0) is 24.8. The van der Waals surface area contributed by atoms with Gasteiger partial charge in [0.1, 0.15) is 11.9 Å². The molecule has 4 nitrogen and oxygen atoms in total. The second kappa shape index (κ2) is 7.71. The molecule has 1 N–H and O–H groups in total. The normalized spacial score (nSPS) is 47.6. The third kappa shape index (κ3) is 3.15. The van der Waals surface area contributed by atoms with Crippen LogP contribution in [0.25, 0.3) is 0 Å². The number of allylic oxidation sites excluding steroid dienone is 4. The van der Waals surface area contributed by atoms with Gasteiger partial charge in [0.25, 0.3) is 0 Å². The Morgan fingerprint density at radius 3 is 2.38 bits per heavy atom. The summed E-state index contributed by atoms with van der Waals surface area (Å²) in [5.41, 5.74) is 2.34. The maximum absolute atomic E-state index is 14.0. The molecule has 5 aliphatic carbocycles. The monoisotopic (exact) mass is 468 g/mol. The van der Waals surface area contributed by atoms with Crippen molar-refractivity contribution in [1.82, 2.24) is 0 Å². The fraction of sp³-hybridized carbons (Fsp3) is 0.800. The van der Waals surface area contributed by atoms with Crippen molar-refractivity contribution >= 4 is 11.8 Å². The molecule has 0 radical (unpaired) electrons. The molecule has 0 aliphatic heterocycles. The first-order valence-electron chi connectivity index (χ1n) is 13.7. The molecule has 9 unspecified atom stereocenters. The lowest BCUT2D eigenvalue weighted by Crippen LogP contribution is -2.64. The maximum atomic E-state index is 14.0. The molecule has 3 saturated carbocycles. The quantitative estimate of drug-likeness (QED) is 0.430. The van der Waals surface area contributed by atoms with E-state index in [0.29, 0.717) is 35.7 Å². The number of hydrogen-bond acceptors (Lipinski definition) is 4. The third-order valence-corrected chi connectivity index (χ3v) is 11.7. The minimum atomic E-state index is -0.199. The Kier molecular flexibility index (Phi) is 5.47. The van der Waals surface area contributed by atoms with Crippen molar-refractivity contribution in [2.45, 2.75) is 99.5 Å². The fourth-order valence-corrected chi connectivity index (χ4v) is 9.85. The van der Waals surface area contributed by atoms with E-state index in [1.807, 2.05) is 0 Å². The van der Waals surface area contributed by atoms with Gasteiger partial charge in [-0.15, -0.1) is 0 Å². The lowest BCUT2D eigenvalue weighted by molar-refractivity contribution is -0.207. The fourth-order valence-electron chi connectivity index (χ4n) is 9.85. The maximum Gasteiger partial charge on any atom is 0.302 e. The van der Waals surface area contributed by atoms with E-state index in [0.717, 1.165) is 38.5 Å². The number of ether oxygens (including phenoxy) is 1. The van der Waals surface area contributed by atoms with Gasteiger partial charge in [0, 0.05) is 30.6 Å². The number of rotatable bonds is 1. The Hall–Kier alpha value is -1.58. The molecule has 0 aromatic carbocycles. The van der Waals surface area contributed by atoms with E-state index in [9.17, 15) is 14.7 Å². The Balaban J connectivity index is 1.54. The average molecular weight is 469 g/mol. The largest absolute Gasteiger partial charge is 0.512 e. The first-order valence-corrected chi connectivity index (χ1v) is 13.7. The van der Waals surface area contributed by atoms with E-state index in [-0.39, 0.29) is 46.1 Å². The number of fused-ring (bicyclic) bond motifs is 6. The molecule has 5 aliphatic rings. The van der Waals surface area contributed by atoms with Gasteiger partial charge in [-0.2, -0.15) is 0 Å². The highest BCUT2D eigenvalue weighted by Crippen LogP contribution is 2.71. The molecule has 0 aromatic heterocycles. The van der Waals surface area contributed by atoms with E-state index in [2.05, 4.69) is 47.6 Å². The van der Waals surface area contributed by atoms with Crippen LogP contribution in [0.5, 0.6) is 0 Å². The summed E-state index contributed by atoms with van der Waals surface area (Å²) in [5.74, 6) is 1.96. The second-order valence-corrected chi connectivity index (χ2v) is 13.6. The van der Waals surface area contributed by atoms with Crippen molar-refractivity contribution in [1.29, 1.82) is 0 Å². The van der Waals surface area contributed by atoms with E-state index in [4.69, 9.17) is 4.74 Å². The van der Waals surface area contributed by atoms with Gasteiger partial charge in [0.15, 0.2) is 0 Å². The van der Waals surface area contributed by atoms with E-state index in [1.54, 1.807) is 0 Å². The molecule has 9 atom stereocenters. The SMILES string of the molecule is CC(=O)OC1CCC2(C)C(CCC3(C)C4C(O)=CC5=C(C(C)C(C)CC5)C4C(=O)CC32)C1(C)C. The second-order valence-electron chi connectivity index (χ2n) is 13.6. The van der Waals surface area contributed by atoms with Crippen molar-refractivity contribution in [2.24, 2.45) is 51.8 Å². The number of hydrogen-bond donors (Lipinski definition) is 1. The molecule has 0 aromatic rings. The molecule has 4 heteroatoms. The van der Waals surface area contributed by atoms with Crippen LogP contribution < -0.4 is 0 Å². The van der Waals surface area contributed by atoms with Crippen molar-refractivity contribution in [3.63, 3.8) is 0 Å². The van der Waals surface area contributed by atoms with Crippen molar-refractivity contribution in [3.8, 4) is 0 Å². The van der Waals surface area contributed by atoms with Crippen molar-refractivity contribution in [3.05, 3.63) is 23.0 Å². The van der Waals surface area contributed by atoms with Gasteiger partial charge in [-0.05, 0) is 84.7 Å². The number of Topliss-reactive ketones (excluding diaryl/α,β-unsaturated/α-hetero) is 1. The van der Waals surface area contributed by atoms with Gasteiger partial charge in [-0.25, -0.2) is 0 Å². The van der Waals surface area contributed by atoms with Crippen LogP contribution >= 0.6 is 0 Å². The summed E-state index contributed by atoms with van der Waals surface area (Å²) < 4.78 is 5.81. The lowest BCUT2D eigenvalue weighted by atomic mass is 9.37. The molecule has 0 spiro atoms. The van der Waals surface area contributed by atoms with Gasteiger partial charge in [0.05, 0.1) is 5.76 Å². The average Bonchev–Trinajstić information content (AvgIpc) is 2.74. The zero-order valence-corrected chi connectivity index (χ0v) is 22.2. The summed E-state index contributed by atoms with van der Waals surface area (Å²) >= 11 is 0. The number of ketones is 1. The molecule has 188 valence electrons. The predicted molar refractivity (Wildman–Crippen MR) is 133 cm³/mol. The van der Waals surface area contributed by atoms with Gasteiger partial charge >= 0.3 is 5.97 Å². The summed E-state index contributed by atoms with van der Waals surface area (Å²) in [4.78, 5) is 25.8. The molecular formula is C30H44O4. The van der Waals surface area contributed by atoms with Crippen LogP contribution in [0.4, 0.5) is 0 Å². The molecule has 0 saturated heterocycles. The van der Waals surface area contributed by atoms with Crippen LogP contribution in [0, 0.1) is 51.8 Å². The molecular weight excluding hydrogens is 424 g/mol. The Bertz CT molecular complexity index is 972.